The third-order valence-electron chi connectivity index (χ3n) is 7.57. The number of fused-ring (bicyclic) bond motifs is 2. The second-order valence-corrected chi connectivity index (χ2v) is 10.3. The van der Waals surface area contributed by atoms with Gasteiger partial charge in [-0.15, -0.1) is 10.2 Å². The van der Waals surface area contributed by atoms with Gasteiger partial charge in [0.25, 0.3) is 0 Å². The van der Waals surface area contributed by atoms with Gasteiger partial charge in [0.05, 0.1) is 6.04 Å². The first-order chi connectivity index (χ1) is 21.8. The van der Waals surface area contributed by atoms with Gasteiger partial charge in [-0.3, -0.25) is 9.69 Å². The molecule has 3 aliphatic rings. The Labute approximate surface area is 234 Å². The number of halogens is 2. The lowest BCUT2D eigenvalue weighted by molar-refractivity contribution is -0.130. The van der Waals surface area contributed by atoms with Gasteiger partial charge in [0.2, 0.25) is 11.8 Å². The van der Waals surface area contributed by atoms with Crippen LogP contribution < -0.4 is 5.32 Å². The van der Waals surface area contributed by atoms with E-state index in [1.807, 2.05) is 0 Å². The molecule has 0 spiro atoms. The van der Waals surface area contributed by atoms with Gasteiger partial charge in [-0.1, -0.05) is 44.2 Å². The van der Waals surface area contributed by atoms with Crippen LogP contribution in [0.3, 0.4) is 0 Å². The molecule has 37 heavy (non-hydrogen) atoms. The predicted molar refractivity (Wildman–Crippen MR) is 139 cm³/mol. The molecule has 8 heteroatoms. The van der Waals surface area contributed by atoms with E-state index in [9.17, 15) is 16.3 Å². The second-order valence-electron chi connectivity index (χ2n) is 10.3. The Balaban J connectivity index is 1.41. The number of hydrogen-bond acceptors (Lipinski definition) is 4. The second kappa shape index (κ2) is 10.8. The molecule has 6 nitrogen and oxygen atoms in total. The summed E-state index contributed by atoms with van der Waals surface area (Å²) in [5.41, 5.74) is 0.460. The Bertz CT molecular complexity index is 1450. The van der Waals surface area contributed by atoms with Crippen LogP contribution in [0.5, 0.6) is 0 Å². The van der Waals surface area contributed by atoms with Crippen LogP contribution in [0, 0.1) is 12.7 Å². The van der Waals surface area contributed by atoms with E-state index in [0.717, 1.165) is 0 Å². The maximum atomic E-state index is 14.6. The summed E-state index contributed by atoms with van der Waals surface area (Å²) in [6.45, 7) is -1.45. The highest BCUT2D eigenvalue weighted by Gasteiger charge is 2.42. The fourth-order valence-corrected chi connectivity index (χ4v) is 5.71. The van der Waals surface area contributed by atoms with Crippen molar-refractivity contribution in [3.63, 3.8) is 0 Å². The van der Waals surface area contributed by atoms with Crippen molar-refractivity contribution in [2.75, 3.05) is 6.50 Å². The van der Waals surface area contributed by atoms with Crippen molar-refractivity contribution >= 4 is 5.91 Å². The number of carbonyl (C=O) groups is 1. The number of piperidine rings is 1. The average Bonchev–Trinajstić information content (AvgIpc) is 3.52. The van der Waals surface area contributed by atoms with Crippen molar-refractivity contribution in [3.05, 3.63) is 47.5 Å². The molecule has 3 heterocycles. The summed E-state index contributed by atoms with van der Waals surface area (Å²) in [6, 6.07) is 6.16. The van der Waals surface area contributed by atoms with Crippen molar-refractivity contribution in [2.45, 2.75) is 114 Å². The highest BCUT2D eigenvalue weighted by atomic mass is 19.3. The highest BCUT2D eigenvalue weighted by Crippen LogP contribution is 2.42. The molecular formula is C29H41F2N5O. The van der Waals surface area contributed by atoms with Crippen LogP contribution >= 0.6 is 0 Å². The molecular weight excluding hydrogens is 472 g/mol. The number of nitrogens with one attached hydrogen (secondary N) is 1. The summed E-state index contributed by atoms with van der Waals surface area (Å²) in [4.78, 5) is 15.3. The number of aryl methyl sites for hydroxylation is 1. The van der Waals surface area contributed by atoms with Crippen molar-refractivity contribution < 1.29 is 28.7 Å². The van der Waals surface area contributed by atoms with Crippen LogP contribution in [0.1, 0.15) is 122 Å². The van der Waals surface area contributed by atoms with Crippen molar-refractivity contribution in [1.29, 1.82) is 0 Å². The van der Waals surface area contributed by atoms with E-state index in [1.165, 1.54) is 4.57 Å². The molecule has 2 aliphatic heterocycles. The van der Waals surface area contributed by atoms with E-state index < -0.39 is 74.6 Å². The number of nitrogens with zero attached hydrogens (tertiary/aromatic N) is 4. The Hall–Kier alpha value is -2.35. The third kappa shape index (κ3) is 5.74. The fourth-order valence-electron chi connectivity index (χ4n) is 5.71. The van der Waals surface area contributed by atoms with Crippen LogP contribution in [-0.4, -0.2) is 50.1 Å². The van der Waals surface area contributed by atoms with Gasteiger partial charge in [0.1, 0.15) is 11.6 Å². The Morgan fingerprint density at radius 1 is 1.19 bits per heavy atom. The van der Waals surface area contributed by atoms with Crippen LogP contribution in [0.15, 0.2) is 30.3 Å². The van der Waals surface area contributed by atoms with Crippen LogP contribution in [0.2, 0.25) is 0 Å². The summed E-state index contributed by atoms with van der Waals surface area (Å²) in [6.07, 6.45) is -7.84. The molecule has 1 saturated carbocycles. The maximum absolute atomic E-state index is 14.6. The van der Waals surface area contributed by atoms with Gasteiger partial charge >= 0.3 is 0 Å². The summed E-state index contributed by atoms with van der Waals surface area (Å²) in [5, 5.41) is 10.6. The van der Waals surface area contributed by atoms with Crippen molar-refractivity contribution in [2.24, 2.45) is 5.89 Å². The third-order valence-corrected chi connectivity index (χ3v) is 7.57. The normalized spacial score (nSPS) is 35.9. The first kappa shape index (κ1) is 15.9. The number of alkyl halides is 2. The molecule has 0 radical (unpaired) electrons. The molecule has 2 bridgehead atoms. The maximum Gasteiger partial charge on any atom is 0.248 e. The number of amides is 1. The number of carbonyl (C=O) groups excluding carboxylic acids is 1. The van der Waals surface area contributed by atoms with Gasteiger partial charge < -0.3 is 9.88 Å². The molecule has 2 aromatic rings. The minimum Gasteiger partial charge on any atom is -0.349 e. The molecule has 2 saturated heterocycles. The molecule has 1 N–H and O–H groups in total. The Morgan fingerprint density at radius 3 is 2.49 bits per heavy atom. The molecule has 5 rings (SSSR count). The number of benzene rings is 1. The summed E-state index contributed by atoms with van der Waals surface area (Å²) < 4.78 is 122. The smallest absolute Gasteiger partial charge is 0.248 e. The van der Waals surface area contributed by atoms with Gasteiger partial charge in [-0.2, -0.15) is 0 Å². The van der Waals surface area contributed by atoms with E-state index in [1.54, 1.807) is 49.1 Å². The topological polar surface area (TPSA) is 63.1 Å². The van der Waals surface area contributed by atoms with E-state index >= 15 is 0 Å². The molecule has 3 unspecified atom stereocenters. The summed E-state index contributed by atoms with van der Waals surface area (Å²) in [5.74, 6) is -9.45. The minimum absolute atomic E-state index is 0.208. The predicted octanol–water partition coefficient (Wildman–Crippen LogP) is 5.95. The molecule has 1 aliphatic carbocycles. The van der Waals surface area contributed by atoms with Gasteiger partial charge in [-0.05, 0) is 57.4 Å². The van der Waals surface area contributed by atoms with E-state index in [2.05, 4.69) is 15.5 Å². The number of rotatable bonds is 8. The molecule has 1 aromatic heterocycles. The van der Waals surface area contributed by atoms with E-state index in [4.69, 9.17) is 12.3 Å². The molecule has 1 amide bonds. The molecule has 1 aromatic carbocycles. The quantitative estimate of drug-likeness (QED) is 0.463. The zero-order valence-electron chi connectivity index (χ0n) is 32.1. The number of hydrogen-bond donors (Lipinski definition) is 1. The lowest BCUT2D eigenvalue weighted by atomic mass is 9.86. The van der Waals surface area contributed by atoms with Crippen molar-refractivity contribution in [1.82, 2.24) is 25.0 Å². The SMILES string of the molecule is [2H]C1(C(=O)NC(CC([2H])([2H])N2C3CCC2CC(n2c(C([2H])([2H])[2H])nnc2C([2H])(C)C)C3)c2ccccc2)CC([2H])([2H])C(F)(F)C([2H])([2H])C1. The van der Waals surface area contributed by atoms with Gasteiger partial charge in [0, 0.05) is 64.2 Å². The molecule has 3 fully saturated rings. The monoisotopic (exact) mass is 524 g/mol. The van der Waals surface area contributed by atoms with E-state index in [-0.39, 0.29) is 30.2 Å². The van der Waals surface area contributed by atoms with E-state index in [0.29, 0.717) is 31.2 Å². The first-order valence-electron chi connectivity index (χ1n) is 18.3. The standard InChI is InChI=1S/C29H41F2N5O/c1-19(2)27-34-33-20(3)36(27)25-17-23-9-10-24(18-25)35(23)16-13-26(21-7-5-4-6-8-21)32-28(37)22-11-14-29(30,31)15-12-22/h4-8,19,22-26H,9-18H2,1-3H3,(H,32,37)/i3D3,14D2,15D2,16D2,19D,22D. The van der Waals surface area contributed by atoms with Crippen LogP contribution in [0.4, 0.5) is 8.78 Å². The van der Waals surface area contributed by atoms with Crippen LogP contribution in [0.25, 0.3) is 0 Å². The minimum atomic E-state index is -4.43. The zero-order chi connectivity index (χ0) is 35.9. The zero-order valence-corrected chi connectivity index (χ0v) is 21.1. The largest absolute Gasteiger partial charge is 0.349 e. The summed E-state index contributed by atoms with van der Waals surface area (Å²) >= 11 is 0. The van der Waals surface area contributed by atoms with Gasteiger partial charge in [-0.25, -0.2) is 8.78 Å². The summed E-state index contributed by atoms with van der Waals surface area (Å²) in [7, 11) is 0. The molecule has 3 atom stereocenters. The lowest BCUT2D eigenvalue weighted by Crippen LogP contribution is -2.45. The average molecular weight is 525 g/mol. The van der Waals surface area contributed by atoms with Gasteiger partial charge in [0.15, 0.2) is 0 Å². The number of aromatic nitrogens is 3. The molecule has 202 valence electrons. The van der Waals surface area contributed by atoms with Crippen molar-refractivity contribution in [3.8, 4) is 0 Å². The Morgan fingerprint density at radius 2 is 1.86 bits per heavy atom. The van der Waals surface area contributed by atoms with Crippen LogP contribution in [-0.2, 0) is 4.79 Å². The Kier molecular flexibility index (Phi) is 4.64. The fraction of sp³-hybridized carbons (Fsp3) is 0.690. The highest BCUT2D eigenvalue weighted by molar-refractivity contribution is 5.79. The first-order valence-corrected chi connectivity index (χ1v) is 12.8. The lowest BCUT2D eigenvalue weighted by Gasteiger charge is -2.40.